The Balaban J connectivity index is 1.46. The van der Waals surface area contributed by atoms with Crippen LogP contribution in [0.25, 0.3) is 0 Å². The Hall–Kier alpha value is -2.10. The summed E-state index contributed by atoms with van der Waals surface area (Å²) < 4.78 is 0. The van der Waals surface area contributed by atoms with Gasteiger partial charge < -0.3 is 9.80 Å². The van der Waals surface area contributed by atoms with Crippen molar-refractivity contribution in [2.75, 3.05) is 36.0 Å². The molecule has 2 atom stereocenters. The molecule has 2 aromatic rings. The van der Waals surface area contributed by atoms with E-state index in [4.69, 9.17) is 0 Å². The molecule has 4 heteroatoms. The molecule has 4 nitrogen and oxygen atoms in total. The number of anilines is 2. The number of rotatable bonds is 2. The molecule has 0 spiro atoms. The summed E-state index contributed by atoms with van der Waals surface area (Å²) in [6.07, 6.45) is 1.86. The normalized spacial score (nSPS) is 24.4. The van der Waals surface area contributed by atoms with Gasteiger partial charge in [-0.15, -0.1) is 0 Å². The zero-order chi connectivity index (χ0) is 14.2. The molecule has 1 aromatic carbocycles. The summed E-state index contributed by atoms with van der Waals surface area (Å²) in [6, 6.07) is 12.8. The van der Waals surface area contributed by atoms with Gasteiger partial charge in [-0.05, 0) is 25.1 Å². The number of para-hydroxylation sites is 1. The molecule has 3 heterocycles. The molecule has 0 saturated carbocycles. The van der Waals surface area contributed by atoms with Crippen molar-refractivity contribution in [3.63, 3.8) is 0 Å². The van der Waals surface area contributed by atoms with Gasteiger partial charge in [0.05, 0.1) is 0 Å². The molecule has 0 unspecified atom stereocenters. The molecule has 2 aliphatic rings. The summed E-state index contributed by atoms with van der Waals surface area (Å²) in [6.45, 7) is 6.51. The van der Waals surface area contributed by atoms with Crippen molar-refractivity contribution in [1.29, 1.82) is 0 Å². The quantitative estimate of drug-likeness (QED) is 0.845. The third-order valence-corrected chi connectivity index (χ3v) is 4.69. The maximum Gasteiger partial charge on any atom is 0.132 e. The number of benzene rings is 1. The van der Waals surface area contributed by atoms with Crippen LogP contribution in [0.3, 0.4) is 0 Å². The molecule has 0 radical (unpaired) electrons. The van der Waals surface area contributed by atoms with Gasteiger partial charge in [0.1, 0.15) is 11.6 Å². The Morgan fingerprint density at radius 2 is 1.57 bits per heavy atom. The van der Waals surface area contributed by atoms with Crippen molar-refractivity contribution in [3.8, 4) is 0 Å². The molecular formula is C17H20N4. The molecule has 4 rings (SSSR count). The highest BCUT2D eigenvalue weighted by atomic mass is 15.3. The van der Waals surface area contributed by atoms with Gasteiger partial charge >= 0.3 is 0 Å². The van der Waals surface area contributed by atoms with Crippen molar-refractivity contribution in [2.24, 2.45) is 11.8 Å². The predicted molar refractivity (Wildman–Crippen MR) is 84.6 cm³/mol. The Bertz CT molecular complexity index is 614. The fraction of sp³-hybridized carbons (Fsp3) is 0.412. The van der Waals surface area contributed by atoms with Crippen LogP contribution in [0.2, 0.25) is 0 Å². The highest BCUT2D eigenvalue weighted by Crippen LogP contribution is 2.35. The lowest BCUT2D eigenvalue weighted by Gasteiger charge is -2.23. The van der Waals surface area contributed by atoms with E-state index in [2.05, 4.69) is 50.1 Å². The lowest BCUT2D eigenvalue weighted by Crippen LogP contribution is -2.29. The van der Waals surface area contributed by atoms with Crippen LogP contribution in [0.5, 0.6) is 0 Å². The molecule has 2 aliphatic heterocycles. The second-order valence-electron chi connectivity index (χ2n) is 6.13. The zero-order valence-corrected chi connectivity index (χ0v) is 12.3. The van der Waals surface area contributed by atoms with Crippen molar-refractivity contribution in [2.45, 2.75) is 6.92 Å². The van der Waals surface area contributed by atoms with E-state index in [0.717, 1.165) is 49.7 Å². The first kappa shape index (κ1) is 12.6. The zero-order valence-electron chi connectivity index (χ0n) is 12.3. The van der Waals surface area contributed by atoms with E-state index in [1.54, 1.807) is 0 Å². The van der Waals surface area contributed by atoms with Crippen molar-refractivity contribution in [3.05, 3.63) is 48.4 Å². The second kappa shape index (κ2) is 5.02. The summed E-state index contributed by atoms with van der Waals surface area (Å²) in [4.78, 5) is 13.7. The molecule has 2 fully saturated rings. The van der Waals surface area contributed by atoms with Crippen LogP contribution < -0.4 is 9.80 Å². The minimum absolute atomic E-state index is 0.750. The highest BCUT2D eigenvalue weighted by molar-refractivity contribution is 5.49. The Labute approximate surface area is 125 Å². The van der Waals surface area contributed by atoms with E-state index in [0.29, 0.717) is 0 Å². The minimum atomic E-state index is 0.750. The number of aromatic nitrogens is 2. The third-order valence-electron chi connectivity index (χ3n) is 4.69. The smallest absolute Gasteiger partial charge is 0.132 e. The molecular weight excluding hydrogens is 260 g/mol. The average Bonchev–Trinajstić information content (AvgIpc) is 3.07. The standard InChI is InChI=1S/C17H20N4/c1-13-18-8-7-17(19-13)21-11-14-9-20(10-15(14)12-21)16-5-3-2-4-6-16/h2-8,14-15H,9-12H2,1H3/t14-,15-/m0/s1. The van der Waals surface area contributed by atoms with Crippen LogP contribution in [-0.2, 0) is 0 Å². The first-order valence-corrected chi connectivity index (χ1v) is 7.64. The molecule has 0 N–H and O–H groups in total. The van der Waals surface area contributed by atoms with Crippen LogP contribution in [0, 0.1) is 18.8 Å². The van der Waals surface area contributed by atoms with Gasteiger partial charge in [0, 0.05) is 49.9 Å². The minimum Gasteiger partial charge on any atom is -0.371 e. The average molecular weight is 280 g/mol. The summed E-state index contributed by atoms with van der Waals surface area (Å²) in [5, 5.41) is 0. The van der Waals surface area contributed by atoms with Crippen LogP contribution in [0.15, 0.2) is 42.6 Å². The van der Waals surface area contributed by atoms with E-state index in [1.165, 1.54) is 5.69 Å². The van der Waals surface area contributed by atoms with E-state index in [1.807, 2.05) is 19.2 Å². The van der Waals surface area contributed by atoms with Gasteiger partial charge in [0.25, 0.3) is 0 Å². The fourth-order valence-corrected chi connectivity index (χ4v) is 3.65. The van der Waals surface area contributed by atoms with Gasteiger partial charge in [0.2, 0.25) is 0 Å². The predicted octanol–water partition coefficient (Wildman–Crippen LogP) is 2.36. The number of aryl methyl sites for hydroxylation is 1. The highest BCUT2D eigenvalue weighted by Gasteiger charge is 2.40. The fourth-order valence-electron chi connectivity index (χ4n) is 3.65. The molecule has 21 heavy (non-hydrogen) atoms. The molecule has 0 bridgehead atoms. The van der Waals surface area contributed by atoms with Crippen molar-refractivity contribution in [1.82, 2.24) is 9.97 Å². The number of fused-ring (bicyclic) bond motifs is 1. The number of nitrogens with zero attached hydrogens (tertiary/aromatic N) is 4. The summed E-state index contributed by atoms with van der Waals surface area (Å²) in [7, 11) is 0. The molecule has 0 aliphatic carbocycles. The van der Waals surface area contributed by atoms with Gasteiger partial charge in [-0.25, -0.2) is 9.97 Å². The SMILES string of the molecule is Cc1nccc(N2C[C@@H]3CN(c4ccccc4)C[C@H]3C2)n1. The van der Waals surface area contributed by atoms with E-state index in [9.17, 15) is 0 Å². The van der Waals surface area contributed by atoms with Gasteiger partial charge in [-0.1, -0.05) is 18.2 Å². The van der Waals surface area contributed by atoms with Crippen LogP contribution in [0.1, 0.15) is 5.82 Å². The van der Waals surface area contributed by atoms with Crippen molar-refractivity contribution < 1.29 is 0 Å². The summed E-state index contributed by atoms with van der Waals surface area (Å²) in [5.41, 5.74) is 1.36. The Kier molecular flexibility index (Phi) is 3.02. The Morgan fingerprint density at radius 3 is 2.24 bits per heavy atom. The number of hydrogen-bond donors (Lipinski definition) is 0. The maximum atomic E-state index is 4.56. The van der Waals surface area contributed by atoms with Crippen LogP contribution in [0.4, 0.5) is 11.5 Å². The summed E-state index contributed by atoms with van der Waals surface area (Å²) in [5.74, 6) is 3.44. The third kappa shape index (κ3) is 2.35. The molecule has 0 amide bonds. The lowest BCUT2D eigenvalue weighted by atomic mass is 10.0. The first-order chi connectivity index (χ1) is 10.3. The molecule has 108 valence electrons. The van der Waals surface area contributed by atoms with Gasteiger partial charge in [-0.2, -0.15) is 0 Å². The van der Waals surface area contributed by atoms with E-state index >= 15 is 0 Å². The van der Waals surface area contributed by atoms with Gasteiger partial charge in [-0.3, -0.25) is 0 Å². The first-order valence-electron chi connectivity index (χ1n) is 7.64. The van der Waals surface area contributed by atoms with E-state index in [-0.39, 0.29) is 0 Å². The summed E-state index contributed by atoms with van der Waals surface area (Å²) >= 11 is 0. The van der Waals surface area contributed by atoms with Crippen molar-refractivity contribution >= 4 is 11.5 Å². The Morgan fingerprint density at radius 1 is 0.905 bits per heavy atom. The molecule has 2 saturated heterocycles. The van der Waals surface area contributed by atoms with Crippen LogP contribution >= 0.6 is 0 Å². The van der Waals surface area contributed by atoms with E-state index < -0.39 is 0 Å². The maximum absolute atomic E-state index is 4.56. The second-order valence-corrected chi connectivity index (χ2v) is 6.13. The lowest BCUT2D eigenvalue weighted by molar-refractivity contribution is 0.533. The topological polar surface area (TPSA) is 32.3 Å². The number of hydrogen-bond acceptors (Lipinski definition) is 4. The van der Waals surface area contributed by atoms with Gasteiger partial charge in [0.15, 0.2) is 0 Å². The van der Waals surface area contributed by atoms with Crippen LogP contribution in [-0.4, -0.2) is 36.1 Å². The monoisotopic (exact) mass is 280 g/mol. The largest absolute Gasteiger partial charge is 0.371 e. The molecule has 1 aromatic heterocycles.